The van der Waals surface area contributed by atoms with E-state index < -0.39 is 0 Å². The van der Waals surface area contributed by atoms with Crippen LogP contribution in [0.5, 0.6) is 0 Å². The number of hydrogen-bond donors (Lipinski definition) is 1. The van der Waals surface area contributed by atoms with Crippen LogP contribution >= 0.6 is 23.2 Å². The van der Waals surface area contributed by atoms with Gasteiger partial charge in [0.2, 0.25) is 0 Å². The van der Waals surface area contributed by atoms with Gasteiger partial charge in [-0.1, -0.05) is 37.0 Å². The molecule has 1 saturated heterocycles. The molecule has 1 fully saturated rings. The largest absolute Gasteiger partial charge is 0.367 e. The second-order valence-corrected chi connectivity index (χ2v) is 6.59. The third-order valence-electron chi connectivity index (χ3n) is 3.47. The van der Waals surface area contributed by atoms with Crippen molar-refractivity contribution in [3.05, 3.63) is 22.4 Å². The molecule has 0 spiro atoms. The van der Waals surface area contributed by atoms with Gasteiger partial charge in [-0.2, -0.15) is 0 Å². The van der Waals surface area contributed by atoms with Crippen LogP contribution in [0.25, 0.3) is 0 Å². The highest BCUT2D eigenvalue weighted by molar-refractivity contribution is 6.38. The number of aromatic nitrogens is 1. The first-order valence-corrected chi connectivity index (χ1v) is 6.94. The highest BCUT2D eigenvalue weighted by Crippen LogP contribution is 2.37. The lowest BCUT2D eigenvalue weighted by atomic mass is 9.84. The summed E-state index contributed by atoms with van der Waals surface area (Å²) < 4.78 is 0. The van der Waals surface area contributed by atoms with Crippen molar-refractivity contribution in [1.29, 1.82) is 0 Å². The second-order valence-electron chi connectivity index (χ2n) is 5.78. The molecule has 2 heterocycles. The summed E-state index contributed by atoms with van der Waals surface area (Å²) >= 11 is 12.4. The summed E-state index contributed by atoms with van der Waals surface area (Å²) in [5.41, 5.74) is 7.32. The Labute approximate surface area is 118 Å². The summed E-state index contributed by atoms with van der Waals surface area (Å²) in [6.45, 7) is 6.22. The number of nitrogens with two attached hydrogens (primary N) is 1. The lowest BCUT2D eigenvalue weighted by Gasteiger charge is -2.26. The molecular formula is C13H19Cl2N3. The second kappa shape index (κ2) is 5.24. The van der Waals surface area contributed by atoms with E-state index in [1.165, 1.54) is 0 Å². The molecule has 0 aromatic carbocycles. The molecule has 0 bridgehead atoms. The van der Waals surface area contributed by atoms with Crippen molar-refractivity contribution < 1.29 is 0 Å². The molecule has 1 aliphatic heterocycles. The minimum atomic E-state index is 0.141. The average Bonchev–Trinajstić information content (AvgIpc) is 2.36. The first kappa shape index (κ1) is 13.9. The lowest BCUT2D eigenvalue weighted by molar-refractivity contribution is 0.309. The molecule has 5 heteroatoms. The molecule has 1 aliphatic rings. The molecule has 2 N–H and O–H groups in total. The van der Waals surface area contributed by atoms with Crippen molar-refractivity contribution in [3.8, 4) is 0 Å². The van der Waals surface area contributed by atoms with Gasteiger partial charge in [-0.15, -0.1) is 0 Å². The van der Waals surface area contributed by atoms with Crippen LogP contribution in [0.15, 0.2) is 12.4 Å². The molecule has 100 valence electrons. The van der Waals surface area contributed by atoms with E-state index in [-0.39, 0.29) is 11.5 Å². The molecule has 1 aromatic rings. The predicted molar refractivity (Wildman–Crippen MR) is 77.5 cm³/mol. The van der Waals surface area contributed by atoms with Crippen LogP contribution in [0.1, 0.15) is 26.7 Å². The summed E-state index contributed by atoms with van der Waals surface area (Å²) in [6.07, 6.45) is 5.36. The predicted octanol–water partition coefficient (Wildman–Crippen LogP) is 3.34. The van der Waals surface area contributed by atoms with Gasteiger partial charge in [-0.05, 0) is 18.3 Å². The minimum absolute atomic E-state index is 0.141. The van der Waals surface area contributed by atoms with Crippen LogP contribution in [-0.4, -0.2) is 24.1 Å². The first-order valence-electron chi connectivity index (χ1n) is 6.18. The number of halogens is 2. The maximum atomic E-state index is 6.21. The molecule has 0 amide bonds. The Balaban J connectivity index is 2.28. The standard InChI is InChI=1S/C13H19Cl2N3/c1-13(2)3-4-18(8-9(16)5-13)12-10(14)6-17-7-11(12)15/h6-7,9H,3-5,8,16H2,1-2H3. The summed E-state index contributed by atoms with van der Waals surface area (Å²) in [4.78, 5) is 6.17. The van der Waals surface area contributed by atoms with E-state index in [4.69, 9.17) is 28.9 Å². The molecule has 0 aliphatic carbocycles. The van der Waals surface area contributed by atoms with E-state index in [1.807, 2.05) is 0 Å². The molecule has 1 atom stereocenters. The number of hydrogen-bond acceptors (Lipinski definition) is 3. The third kappa shape index (κ3) is 3.08. The van der Waals surface area contributed by atoms with Gasteiger partial charge in [0.1, 0.15) is 0 Å². The monoisotopic (exact) mass is 287 g/mol. The Bertz CT molecular complexity index is 414. The fraction of sp³-hybridized carbons (Fsp3) is 0.615. The van der Waals surface area contributed by atoms with Crippen molar-refractivity contribution in [1.82, 2.24) is 4.98 Å². The topological polar surface area (TPSA) is 42.2 Å². The molecule has 1 aromatic heterocycles. The van der Waals surface area contributed by atoms with Crippen molar-refractivity contribution >= 4 is 28.9 Å². The van der Waals surface area contributed by atoms with Crippen LogP contribution in [0.2, 0.25) is 10.0 Å². The molecule has 0 saturated carbocycles. The van der Waals surface area contributed by atoms with Gasteiger partial charge in [0, 0.05) is 31.5 Å². The molecule has 0 radical (unpaired) electrons. The van der Waals surface area contributed by atoms with E-state index >= 15 is 0 Å². The first-order chi connectivity index (χ1) is 8.39. The van der Waals surface area contributed by atoms with E-state index in [2.05, 4.69) is 23.7 Å². The van der Waals surface area contributed by atoms with Crippen LogP contribution in [0, 0.1) is 5.41 Å². The molecule has 3 nitrogen and oxygen atoms in total. The maximum Gasteiger partial charge on any atom is 0.0838 e. The fourth-order valence-electron chi connectivity index (χ4n) is 2.60. The summed E-state index contributed by atoms with van der Waals surface area (Å²) in [6, 6.07) is 0.141. The lowest BCUT2D eigenvalue weighted by Crippen LogP contribution is -2.36. The van der Waals surface area contributed by atoms with Gasteiger partial charge >= 0.3 is 0 Å². The Morgan fingerprint density at radius 2 is 1.94 bits per heavy atom. The van der Waals surface area contributed by atoms with Crippen molar-refractivity contribution in [2.45, 2.75) is 32.7 Å². The van der Waals surface area contributed by atoms with Crippen molar-refractivity contribution in [3.63, 3.8) is 0 Å². The quantitative estimate of drug-likeness (QED) is 0.861. The number of nitrogens with zero attached hydrogens (tertiary/aromatic N) is 2. The van der Waals surface area contributed by atoms with E-state index in [1.54, 1.807) is 12.4 Å². The Kier molecular flexibility index (Phi) is 4.05. The number of anilines is 1. The zero-order valence-corrected chi connectivity index (χ0v) is 12.3. The Hall–Kier alpha value is -0.510. The van der Waals surface area contributed by atoms with Gasteiger partial charge in [0.25, 0.3) is 0 Å². The number of rotatable bonds is 1. The van der Waals surface area contributed by atoms with E-state index in [0.717, 1.165) is 31.6 Å². The SMILES string of the molecule is CC1(C)CCN(c2c(Cl)cncc2Cl)CC(N)C1. The van der Waals surface area contributed by atoms with E-state index in [0.29, 0.717) is 10.0 Å². The molecule has 2 rings (SSSR count). The fourth-order valence-corrected chi connectivity index (χ4v) is 3.20. The Morgan fingerprint density at radius 1 is 1.33 bits per heavy atom. The molecule has 1 unspecified atom stereocenters. The van der Waals surface area contributed by atoms with Gasteiger partial charge in [-0.25, -0.2) is 0 Å². The zero-order chi connectivity index (χ0) is 13.3. The molecular weight excluding hydrogens is 269 g/mol. The van der Waals surface area contributed by atoms with Crippen LogP contribution in [0.3, 0.4) is 0 Å². The zero-order valence-electron chi connectivity index (χ0n) is 10.8. The minimum Gasteiger partial charge on any atom is -0.367 e. The Morgan fingerprint density at radius 3 is 2.56 bits per heavy atom. The number of pyridine rings is 1. The normalized spacial score (nSPS) is 23.8. The maximum absolute atomic E-state index is 6.21. The highest BCUT2D eigenvalue weighted by Gasteiger charge is 2.29. The van der Waals surface area contributed by atoms with Crippen molar-refractivity contribution in [2.24, 2.45) is 11.1 Å². The third-order valence-corrected chi connectivity index (χ3v) is 4.03. The highest BCUT2D eigenvalue weighted by atomic mass is 35.5. The van der Waals surface area contributed by atoms with Crippen LogP contribution in [-0.2, 0) is 0 Å². The smallest absolute Gasteiger partial charge is 0.0838 e. The van der Waals surface area contributed by atoms with Gasteiger partial charge in [0.05, 0.1) is 15.7 Å². The summed E-state index contributed by atoms with van der Waals surface area (Å²) in [5, 5.41) is 1.18. The summed E-state index contributed by atoms with van der Waals surface area (Å²) in [5.74, 6) is 0. The van der Waals surface area contributed by atoms with Gasteiger partial charge < -0.3 is 10.6 Å². The average molecular weight is 288 g/mol. The molecule has 18 heavy (non-hydrogen) atoms. The van der Waals surface area contributed by atoms with Crippen LogP contribution in [0.4, 0.5) is 5.69 Å². The van der Waals surface area contributed by atoms with Gasteiger partial charge in [0.15, 0.2) is 0 Å². The van der Waals surface area contributed by atoms with Gasteiger partial charge in [-0.3, -0.25) is 4.98 Å². The van der Waals surface area contributed by atoms with E-state index in [9.17, 15) is 0 Å². The van der Waals surface area contributed by atoms with Crippen molar-refractivity contribution in [2.75, 3.05) is 18.0 Å². The summed E-state index contributed by atoms with van der Waals surface area (Å²) in [7, 11) is 0. The van der Waals surface area contributed by atoms with Crippen LogP contribution < -0.4 is 10.6 Å².